The van der Waals surface area contributed by atoms with E-state index in [4.69, 9.17) is 9.52 Å². The molecule has 0 atom stereocenters. The summed E-state index contributed by atoms with van der Waals surface area (Å²) in [6.45, 7) is 2.97. The Morgan fingerprint density at radius 1 is 1.12 bits per heavy atom. The fourth-order valence-corrected chi connectivity index (χ4v) is 2.16. The van der Waals surface area contributed by atoms with Crippen molar-refractivity contribution in [2.45, 2.75) is 26.7 Å². The van der Waals surface area contributed by atoms with Crippen molar-refractivity contribution in [1.82, 2.24) is 0 Å². The summed E-state index contributed by atoms with van der Waals surface area (Å²) in [7, 11) is 0. The zero-order chi connectivity index (χ0) is 19.6. The fourth-order valence-electron chi connectivity index (χ4n) is 2.16. The molecule has 2 aromatic rings. The molecule has 0 spiro atoms. The van der Waals surface area contributed by atoms with Crippen LogP contribution in [0.1, 0.15) is 30.4 Å². The fraction of sp³-hybridized carbons (Fsp3) is 0.250. The third kappa shape index (κ3) is 3.84. The van der Waals surface area contributed by atoms with Gasteiger partial charge in [-0.25, -0.2) is 22.0 Å². The third-order valence-corrected chi connectivity index (χ3v) is 3.49. The highest BCUT2D eigenvalue weighted by molar-refractivity contribution is 6.00. The van der Waals surface area contributed by atoms with Crippen LogP contribution in [0.3, 0.4) is 0 Å². The number of aliphatic carboxylic acids is 1. The number of hydrogen-bond acceptors (Lipinski definition) is 4. The zero-order valence-corrected chi connectivity index (χ0v) is 13.6. The highest BCUT2D eigenvalue weighted by Gasteiger charge is 2.25. The number of nitrogens with one attached hydrogen (secondary N) is 1. The van der Waals surface area contributed by atoms with Crippen molar-refractivity contribution in [2.24, 2.45) is 5.10 Å². The minimum Gasteiger partial charge on any atom is -0.481 e. The van der Waals surface area contributed by atoms with Crippen molar-refractivity contribution in [3.8, 4) is 0 Å². The molecule has 0 radical (unpaired) electrons. The number of rotatable bonds is 6. The molecule has 0 unspecified atom stereocenters. The monoisotopic (exact) mass is 376 g/mol. The molecule has 2 rings (SSSR count). The highest BCUT2D eigenvalue weighted by Crippen LogP contribution is 2.27. The molecular formula is C16H13F5N2O3. The Balaban J connectivity index is 2.28. The van der Waals surface area contributed by atoms with E-state index in [1.54, 1.807) is 6.92 Å². The summed E-state index contributed by atoms with van der Waals surface area (Å²) in [5.41, 5.74) is 1.07. The number of hydrogen-bond donors (Lipinski definition) is 2. The number of carboxylic acids is 1. The molecule has 0 aliphatic rings. The number of anilines is 1. The van der Waals surface area contributed by atoms with Crippen LogP contribution in [0.5, 0.6) is 0 Å². The minimum absolute atomic E-state index is 0.120. The SMILES string of the molecule is C/C(=N/Nc1c(F)c(F)c(F)c(F)c1F)c1cc(CCC(=O)O)oc1C. The van der Waals surface area contributed by atoms with Gasteiger partial charge >= 0.3 is 5.97 Å². The molecule has 0 fully saturated rings. The van der Waals surface area contributed by atoms with Gasteiger partial charge in [0.25, 0.3) is 0 Å². The maximum Gasteiger partial charge on any atom is 0.303 e. The molecule has 1 aromatic carbocycles. The zero-order valence-electron chi connectivity index (χ0n) is 13.6. The van der Waals surface area contributed by atoms with Crippen LogP contribution in [0.15, 0.2) is 15.6 Å². The summed E-state index contributed by atoms with van der Waals surface area (Å²) in [6.07, 6.45) is -0.0418. The largest absolute Gasteiger partial charge is 0.481 e. The maximum atomic E-state index is 13.6. The third-order valence-electron chi connectivity index (χ3n) is 3.49. The summed E-state index contributed by atoms with van der Waals surface area (Å²) >= 11 is 0. The summed E-state index contributed by atoms with van der Waals surface area (Å²) in [5.74, 6) is -10.8. The van der Waals surface area contributed by atoms with Gasteiger partial charge in [0, 0.05) is 12.0 Å². The van der Waals surface area contributed by atoms with E-state index in [1.807, 2.05) is 5.43 Å². The standard InChI is InChI=1S/C16H13F5N2O3/c1-6(9-5-8(26-7(9)2)3-4-10(24)25)22-23-16-14(20)12(18)11(17)13(19)15(16)21/h5,23H,3-4H2,1-2H3,(H,24,25)/b22-6-. The summed E-state index contributed by atoms with van der Waals surface area (Å²) in [6, 6.07) is 1.48. The Morgan fingerprint density at radius 3 is 2.19 bits per heavy atom. The summed E-state index contributed by atoms with van der Waals surface area (Å²) in [4.78, 5) is 10.6. The van der Waals surface area contributed by atoms with Crippen molar-refractivity contribution in [1.29, 1.82) is 0 Å². The second-order valence-electron chi connectivity index (χ2n) is 5.33. The predicted molar refractivity (Wildman–Crippen MR) is 81.5 cm³/mol. The van der Waals surface area contributed by atoms with Crippen LogP contribution in [0.2, 0.25) is 0 Å². The Labute approximate surface area is 144 Å². The van der Waals surface area contributed by atoms with Crippen molar-refractivity contribution in [2.75, 3.05) is 5.43 Å². The summed E-state index contributed by atoms with van der Waals surface area (Å²) in [5, 5.41) is 12.3. The molecule has 0 aliphatic carbocycles. The van der Waals surface area contributed by atoms with Gasteiger partial charge in [0.2, 0.25) is 5.82 Å². The normalized spacial score (nSPS) is 11.7. The second kappa shape index (κ2) is 7.54. The first-order valence-electron chi connectivity index (χ1n) is 7.26. The lowest BCUT2D eigenvalue weighted by molar-refractivity contribution is -0.137. The smallest absolute Gasteiger partial charge is 0.303 e. The van der Waals surface area contributed by atoms with Crippen LogP contribution >= 0.6 is 0 Å². The number of aryl methyl sites for hydroxylation is 2. The average Bonchev–Trinajstić information content (AvgIpc) is 2.97. The Kier molecular flexibility index (Phi) is 5.63. The van der Waals surface area contributed by atoms with Crippen molar-refractivity contribution in [3.63, 3.8) is 0 Å². The molecule has 0 aliphatic heterocycles. The van der Waals surface area contributed by atoms with Crippen LogP contribution in [0.25, 0.3) is 0 Å². The Bertz CT molecular complexity index is 863. The molecule has 1 aromatic heterocycles. The van der Waals surface area contributed by atoms with Crippen molar-refractivity contribution < 1.29 is 36.3 Å². The van der Waals surface area contributed by atoms with E-state index in [-0.39, 0.29) is 18.6 Å². The quantitative estimate of drug-likeness (QED) is 0.261. The number of halogens is 5. The lowest BCUT2D eigenvalue weighted by Gasteiger charge is -2.08. The molecule has 10 heteroatoms. The van der Waals surface area contributed by atoms with Crippen LogP contribution in [0.4, 0.5) is 27.6 Å². The second-order valence-corrected chi connectivity index (χ2v) is 5.33. The number of benzene rings is 1. The molecule has 1 heterocycles. The molecule has 5 nitrogen and oxygen atoms in total. The number of hydrazone groups is 1. The van der Waals surface area contributed by atoms with E-state index in [9.17, 15) is 26.7 Å². The van der Waals surface area contributed by atoms with Crippen molar-refractivity contribution >= 4 is 17.4 Å². The van der Waals surface area contributed by atoms with Gasteiger partial charge in [-0.1, -0.05) is 0 Å². The van der Waals surface area contributed by atoms with Gasteiger partial charge in [0.15, 0.2) is 23.3 Å². The molecule has 0 saturated heterocycles. The predicted octanol–water partition coefficient (Wildman–Crippen LogP) is 4.14. The first-order chi connectivity index (χ1) is 12.1. The van der Waals surface area contributed by atoms with Gasteiger partial charge in [0.05, 0.1) is 12.1 Å². The van der Waals surface area contributed by atoms with Gasteiger partial charge in [-0.3, -0.25) is 10.2 Å². The Hall–Kier alpha value is -2.91. The van der Waals surface area contributed by atoms with E-state index in [2.05, 4.69) is 5.10 Å². The molecule has 2 N–H and O–H groups in total. The van der Waals surface area contributed by atoms with E-state index in [0.29, 0.717) is 17.1 Å². The highest BCUT2D eigenvalue weighted by atomic mass is 19.2. The Morgan fingerprint density at radius 2 is 1.65 bits per heavy atom. The van der Waals surface area contributed by atoms with Crippen LogP contribution < -0.4 is 5.43 Å². The molecule has 0 saturated carbocycles. The van der Waals surface area contributed by atoms with Gasteiger partial charge < -0.3 is 9.52 Å². The van der Waals surface area contributed by atoms with Gasteiger partial charge in [0.1, 0.15) is 17.2 Å². The maximum absolute atomic E-state index is 13.6. The molecule has 0 bridgehead atoms. The lowest BCUT2D eigenvalue weighted by Crippen LogP contribution is -2.08. The molecule has 0 amide bonds. The van der Waals surface area contributed by atoms with Gasteiger partial charge in [-0.15, -0.1) is 0 Å². The first kappa shape index (κ1) is 19.4. The van der Waals surface area contributed by atoms with E-state index >= 15 is 0 Å². The van der Waals surface area contributed by atoms with Crippen LogP contribution in [-0.2, 0) is 11.2 Å². The molecule has 140 valence electrons. The van der Waals surface area contributed by atoms with E-state index in [1.165, 1.54) is 13.0 Å². The van der Waals surface area contributed by atoms with Gasteiger partial charge in [-0.05, 0) is 19.9 Å². The van der Waals surface area contributed by atoms with E-state index < -0.39 is 40.7 Å². The van der Waals surface area contributed by atoms with Crippen LogP contribution in [-0.4, -0.2) is 16.8 Å². The summed E-state index contributed by atoms with van der Waals surface area (Å²) < 4.78 is 71.8. The van der Waals surface area contributed by atoms with Gasteiger partial charge in [-0.2, -0.15) is 5.10 Å². The number of furan rings is 1. The average molecular weight is 376 g/mol. The first-order valence-corrected chi connectivity index (χ1v) is 7.26. The number of carboxylic acid groups (broad SMARTS) is 1. The lowest BCUT2D eigenvalue weighted by atomic mass is 10.1. The molecule has 26 heavy (non-hydrogen) atoms. The van der Waals surface area contributed by atoms with Crippen LogP contribution in [0, 0.1) is 36.0 Å². The van der Waals surface area contributed by atoms with Crippen molar-refractivity contribution in [3.05, 3.63) is 52.2 Å². The molecular weight excluding hydrogens is 363 g/mol. The number of nitrogens with zero attached hydrogens (tertiary/aromatic N) is 1. The number of carbonyl (C=O) groups is 1. The van der Waals surface area contributed by atoms with E-state index in [0.717, 1.165) is 0 Å². The minimum atomic E-state index is -2.26. The topological polar surface area (TPSA) is 74.8 Å².